The number of benzene rings is 4. The fourth-order valence-electron chi connectivity index (χ4n) is 6.13. The Bertz CT molecular complexity index is 2250. The quantitative estimate of drug-likeness (QED) is 0.0937. The fraction of sp³-hybridized carbons (Fsp3) is 0.279. The number of rotatable bonds is 14. The van der Waals surface area contributed by atoms with Crippen LogP contribution in [0.5, 0.6) is 17.2 Å². The van der Waals surface area contributed by atoms with E-state index in [1.165, 1.54) is 6.07 Å². The van der Waals surface area contributed by atoms with Crippen molar-refractivity contribution in [2.24, 2.45) is 0 Å². The molecule has 1 aromatic heterocycles. The first-order valence-electron chi connectivity index (χ1n) is 18.0. The van der Waals surface area contributed by atoms with Gasteiger partial charge in [0, 0.05) is 39.3 Å². The van der Waals surface area contributed by atoms with Crippen molar-refractivity contribution in [3.63, 3.8) is 0 Å². The van der Waals surface area contributed by atoms with Gasteiger partial charge in [0.2, 0.25) is 23.6 Å². The van der Waals surface area contributed by atoms with Gasteiger partial charge in [-0.1, -0.05) is 60.7 Å². The summed E-state index contributed by atoms with van der Waals surface area (Å²) < 4.78 is 52.7. The molecule has 6 rings (SSSR count). The highest BCUT2D eigenvalue weighted by molar-refractivity contribution is 5.83. The molecular formula is C43H40O14. The third-order valence-corrected chi connectivity index (χ3v) is 8.62. The summed E-state index contributed by atoms with van der Waals surface area (Å²) in [5, 5.41) is 0.106. The molecule has 0 N–H and O–H groups in total. The van der Waals surface area contributed by atoms with Crippen molar-refractivity contribution in [1.82, 2.24) is 0 Å². The molecule has 57 heavy (non-hydrogen) atoms. The molecule has 0 saturated carbocycles. The van der Waals surface area contributed by atoms with Crippen LogP contribution in [0.15, 0.2) is 112 Å². The lowest BCUT2D eigenvalue weighted by Gasteiger charge is -2.43. The maximum absolute atomic E-state index is 14.5. The zero-order valence-corrected chi connectivity index (χ0v) is 31.5. The van der Waals surface area contributed by atoms with Gasteiger partial charge >= 0.3 is 23.9 Å². The summed E-state index contributed by atoms with van der Waals surface area (Å²) in [6, 6.07) is 30.6. The topological polar surface area (TPSA) is 172 Å². The van der Waals surface area contributed by atoms with Crippen molar-refractivity contribution >= 4 is 34.8 Å². The molecule has 5 aromatic rings. The third kappa shape index (κ3) is 10.3. The smallest absolute Gasteiger partial charge is 0.303 e. The Labute approximate surface area is 327 Å². The van der Waals surface area contributed by atoms with Crippen molar-refractivity contribution in [3.8, 4) is 28.6 Å². The van der Waals surface area contributed by atoms with Crippen molar-refractivity contribution in [3.05, 3.63) is 124 Å². The van der Waals surface area contributed by atoms with Gasteiger partial charge in [0.05, 0.1) is 5.39 Å². The van der Waals surface area contributed by atoms with E-state index in [0.717, 1.165) is 38.8 Å². The summed E-state index contributed by atoms with van der Waals surface area (Å²) in [6.45, 7) is 4.55. The molecule has 296 valence electrons. The van der Waals surface area contributed by atoms with Gasteiger partial charge in [0.25, 0.3) is 0 Å². The molecule has 5 atom stereocenters. The normalized spacial score (nSPS) is 18.8. The summed E-state index contributed by atoms with van der Waals surface area (Å²) in [5.41, 5.74) is 1.81. The standard InChI is InChI=1S/C43H40O14/c1-25(44)49-24-36-39(52-26(2)45)41(53-27(3)46)42(54-28(4)47)43(56-36)57-40-37(48)34-20-19-33(51-23-30-13-9-6-10-14-30)21-35(34)55-38(40)31-15-17-32(18-16-31)50-22-29-11-7-5-8-12-29/h5-21,36,39,41-43H,22-24H2,1-4H3/t36-,39-,41+,42-,43+/m1/s1. The third-order valence-electron chi connectivity index (χ3n) is 8.62. The second-order valence-corrected chi connectivity index (χ2v) is 13.0. The molecule has 2 heterocycles. The Hall–Kier alpha value is -6.67. The number of hydrogen-bond acceptors (Lipinski definition) is 14. The van der Waals surface area contributed by atoms with Crippen LogP contribution >= 0.6 is 0 Å². The fourth-order valence-corrected chi connectivity index (χ4v) is 6.13. The Balaban J connectivity index is 1.42. The number of fused-ring (bicyclic) bond motifs is 1. The van der Waals surface area contributed by atoms with E-state index < -0.39 is 66.6 Å². The van der Waals surface area contributed by atoms with Gasteiger partial charge in [-0.2, -0.15) is 0 Å². The molecule has 0 amide bonds. The van der Waals surface area contributed by atoms with E-state index in [1.807, 2.05) is 60.7 Å². The maximum atomic E-state index is 14.5. The van der Waals surface area contributed by atoms with Crippen LogP contribution in [0.1, 0.15) is 38.8 Å². The van der Waals surface area contributed by atoms with E-state index in [9.17, 15) is 24.0 Å². The first-order chi connectivity index (χ1) is 27.4. The second kappa shape index (κ2) is 18.3. The molecule has 14 nitrogen and oxygen atoms in total. The van der Waals surface area contributed by atoms with Gasteiger partial charge in [0.15, 0.2) is 18.0 Å². The molecule has 1 fully saturated rings. The van der Waals surface area contributed by atoms with Crippen molar-refractivity contribution in [2.45, 2.75) is 71.6 Å². The van der Waals surface area contributed by atoms with Crippen LogP contribution in [-0.2, 0) is 56.1 Å². The van der Waals surface area contributed by atoms with Gasteiger partial charge in [-0.25, -0.2) is 0 Å². The molecular weight excluding hydrogens is 740 g/mol. The predicted octanol–water partition coefficient (Wildman–Crippen LogP) is 6.08. The van der Waals surface area contributed by atoms with Gasteiger partial charge in [0.1, 0.15) is 43.0 Å². The van der Waals surface area contributed by atoms with Gasteiger partial charge < -0.3 is 42.3 Å². The average Bonchev–Trinajstić information content (AvgIpc) is 3.19. The highest BCUT2D eigenvalue weighted by Crippen LogP contribution is 2.37. The number of esters is 4. The van der Waals surface area contributed by atoms with Crippen LogP contribution in [0, 0.1) is 0 Å². The van der Waals surface area contributed by atoms with Crippen LogP contribution in [-0.4, -0.2) is 61.2 Å². The highest BCUT2D eigenvalue weighted by Gasteiger charge is 2.53. The van der Waals surface area contributed by atoms with Gasteiger partial charge in [-0.05, 0) is 47.5 Å². The molecule has 1 aliphatic rings. The number of hydrogen-bond donors (Lipinski definition) is 0. The van der Waals surface area contributed by atoms with E-state index in [4.69, 9.17) is 42.3 Å². The zero-order chi connectivity index (χ0) is 40.5. The van der Waals surface area contributed by atoms with E-state index in [0.29, 0.717) is 23.7 Å². The van der Waals surface area contributed by atoms with Crippen molar-refractivity contribution in [1.29, 1.82) is 0 Å². The van der Waals surface area contributed by atoms with E-state index >= 15 is 0 Å². The first kappa shape index (κ1) is 40.0. The maximum Gasteiger partial charge on any atom is 0.303 e. The monoisotopic (exact) mass is 780 g/mol. The molecule has 0 aliphatic carbocycles. The van der Waals surface area contributed by atoms with Crippen LogP contribution in [0.25, 0.3) is 22.3 Å². The number of carbonyl (C=O) groups is 4. The minimum Gasteiger partial charge on any atom is -0.489 e. The van der Waals surface area contributed by atoms with Crippen molar-refractivity contribution < 1.29 is 61.5 Å². The molecule has 0 radical (unpaired) electrons. The Morgan fingerprint density at radius 3 is 1.74 bits per heavy atom. The van der Waals surface area contributed by atoms with Crippen LogP contribution in [0.3, 0.4) is 0 Å². The minimum atomic E-state index is -1.70. The SMILES string of the molecule is CC(=O)OC[C@H]1O[C@@H](Oc2c(-c3ccc(OCc4ccccc4)cc3)oc3cc(OCc4ccccc4)ccc3c2=O)[C@H](OC(C)=O)[C@@H](OC(C)=O)[C@@H]1OC(C)=O. The van der Waals surface area contributed by atoms with Crippen LogP contribution in [0.4, 0.5) is 0 Å². The minimum absolute atomic E-state index is 0.0461. The molecule has 14 heteroatoms. The largest absolute Gasteiger partial charge is 0.489 e. The average molecular weight is 781 g/mol. The van der Waals surface area contributed by atoms with E-state index in [1.54, 1.807) is 36.4 Å². The van der Waals surface area contributed by atoms with Crippen LogP contribution < -0.4 is 19.6 Å². The molecule has 0 spiro atoms. The van der Waals surface area contributed by atoms with Gasteiger partial charge in [-0.15, -0.1) is 0 Å². The lowest BCUT2D eigenvalue weighted by molar-refractivity contribution is -0.288. The molecule has 0 bridgehead atoms. The Kier molecular flexibility index (Phi) is 12.9. The van der Waals surface area contributed by atoms with E-state index in [-0.39, 0.29) is 29.1 Å². The second-order valence-electron chi connectivity index (χ2n) is 13.0. The molecule has 1 aliphatic heterocycles. The summed E-state index contributed by atoms with van der Waals surface area (Å²) in [7, 11) is 0. The van der Waals surface area contributed by atoms with Crippen molar-refractivity contribution in [2.75, 3.05) is 6.61 Å². The number of ether oxygens (including phenoxy) is 8. The number of carbonyl (C=O) groups excluding carboxylic acids is 4. The Morgan fingerprint density at radius 2 is 1.16 bits per heavy atom. The molecule has 4 aromatic carbocycles. The summed E-state index contributed by atoms with van der Waals surface area (Å²) >= 11 is 0. The molecule has 1 saturated heterocycles. The lowest BCUT2D eigenvalue weighted by Crippen LogP contribution is -2.63. The highest BCUT2D eigenvalue weighted by atomic mass is 16.7. The Morgan fingerprint density at radius 1 is 0.614 bits per heavy atom. The predicted molar refractivity (Wildman–Crippen MR) is 202 cm³/mol. The zero-order valence-electron chi connectivity index (χ0n) is 31.5. The molecule has 0 unspecified atom stereocenters. The van der Waals surface area contributed by atoms with E-state index in [2.05, 4.69) is 0 Å². The summed E-state index contributed by atoms with van der Waals surface area (Å²) in [4.78, 5) is 63.5. The first-order valence-corrected chi connectivity index (χ1v) is 18.0. The van der Waals surface area contributed by atoms with Gasteiger partial charge in [-0.3, -0.25) is 24.0 Å². The lowest BCUT2D eigenvalue weighted by atomic mass is 9.98. The van der Waals surface area contributed by atoms with Crippen LogP contribution in [0.2, 0.25) is 0 Å². The summed E-state index contributed by atoms with van der Waals surface area (Å²) in [6.07, 6.45) is -7.59. The summed E-state index contributed by atoms with van der Waals surface area (Å²) in [5.74, 6) is -2.60.